The zero-order valence-electron chi connectivity index (χ0n) is 11.1. The number of benzene rings is 1. The van der Waals surface area contributed by atoms with Crippen LogP contribution in [0.4, 0.5) is 13.2 Å². The van der Waals surface area contributed by atoms with Gasteiger partial charge in [0.25, 0.3) is 0 Å². The monoisotopic (exact) mass is 436 g/mol. The van der Waals surface area contributed by atoms with E-state index in [0.717, 1.165) is 25.7 Å². The smallest absolute Gasteiger partial charge is 0.434 e. The van der Waals surface area contributed by atoms with Gasteiger partial charge in [-0.3, -0.25) is 0 Å². The van der Waals surface area contributed by atoms with Gasteiger partial charge in [-0.25, -0.2) is 9.97 Å². The fourth-order valence-corrected chi connectivity index (χ4v) is 3.46. The number of pyridine rings is 1. The van der Waals surface area contributed by atoms with E-state index >= 15 is 0 Å². The molecule has 3 aromatic rings. The van der Waals surface area contributed by atoms with Gasteiger partial charge in [-0.15, -0.1) is 11.3 Å². The van der Waals surface area contributed by atoms with Crippen molar-refractivity contribution in [3.63, 3.8) is 0 Å². The van der Waals surface area contributed by atoms with Gasteiger partial charge in [-0.05, 0) is 40.8 Å². The number of methoxy groups -OCH3 is 1. The maximum absolute atomic E-state index is 12.7. The SMILES string of the molecule is COc1ccc2c(I)cc(-c3nc(C(F)(F)F)cs3)nc2c1. The number of fused-ring (bicyclic) bond motifs is 1. The van der Waals surface area contributed by atoms with Crippen molar-refractivity contribution in [2.75, 3.05) is 7.11 Å². The van der Waals surface area contributed by atoms with Gasteiger partial charge in [-0.2, -0.15) is 13.2 Å². The molecule has 0 aliphatic heterocycles. The molecule has 22 heavy (non-hydrogen) atoms. The molecule has 0 aliphatic rings. The highest BCUT2D eigenvalue weighted by Crippen LogP contribution is 2.34. The molecule has 0 atom stereocenters. The fourth-order valence-electron chi connectivity index (χ4n) is 1.92. The summed E-state index contributed by atoms with van der Waals surface area (Å²) in [6.45, 7) is 0. The van der Waals surface area contributed by atoms with Gasteiger partial charge in [-0.1, -0.05) is 0 Å². The van der Waals surface area contributed by atoms with Crippen LogP contribution in [0.5, 0.6) is 5.75 Å². The number of hydrogen-bond donors (Lipinski definition) is 0. The summed E-state index contributed by atoms with van der Waals surface area (Å²) >= 11 is 3.06. The van der Waals surface area contributed by atoms with Crippen molar-refractivity contribution >= 4 is 44.8 Å². The Hall–Kier alpha value is -1.42. The molecule has 3 nitrogen and oxygen atoms in total. The summed E-state index contributed by atoms with van der Waals surface area (Å²) in [6.07, 6.45) is -4.44. The van der Waals surface area contributed by atoms with E-state index in [2.05, 4.69) is 32.6 Å². The molecule has 0 saturated heterocycles. The third kappa shape index (κ3) is 2.89. The molecule has 0 radical (unpaired) electrons. The molecular weight excluding hydrogens is 428 g/mol. The van der Waals surface area contributed by atoms with E-state index in [0.29, 0.717) is 17.0 Å². The quantitative estimate of drug-likeness (QED) is 0.531. The molecule has 0 spiro atoms. The molecule has 8 heteroatoms. The second-order valence-electron chi connectivity index (χ2n) is 4.41. The minimum atomic E-state index is -4.44. The van der Waals surface area contributed by atoms with Crippen molar-refractivity contribution in [1.29, 1.82) is 0 Å². The summed E-state index contributed by atoms with van der Waals surface area (Å²) in [7, 11) is 1.55. The molecule has 0 N–H and O–H groups in total. The van der Waals surface area contributed by atoms with E-state index in [-0.39, 0.29) is 5.01 Å². The molecule has 2 heterocycles. The van der Waals surface area contributed by atoms with Crippen LogP contribution in [0.2, 0.25) is 0 Å². The molecule has 0 bridgehead atoms. The van der Waals surface area contributed by atoms with Crippen LogP contribution in [0.1, 0.15) is 5.69 Å². The normalized spacial score (nSPS) is 11.9. The average Bonchev–Trinajstić information content (AvgIpc) is 2.96. The highest BCUT2D eigenvalue weighted by Gasteiger charge is 2.34. The van der Waals surface area contributed by atoms with Gasteiger partial charge in [0.05, 0.1) is 12.6 Å². The minimum Gasteiger partial charge on any atom is -0.497 e. The van der Waals surface area contributed by atoms with Crippen LogP contribution in [0.15, 0.2) is 29.6 Å². The topological polar surface area (TPSA) is 35.0 Å². The van der Waals surface area contributed by atoms with Gasteiger partial charge < -0.3 is 4.74 Å². The lowest BCUT2D eigenvalue weighted by Crippen LogP contribution is -2.04. The Labute approximate surface area is 141 Å². The minimum absolute atomic E-state index is 0.245. The largest absolute Gasteiger partial charge is 0.497 e. The number of nitrogens with zero attached hydrogens (tertiary/aromatic N) is 2. The first kappa shape index (κ1) is 15.5. The van der Waals surface area contributed by atoms with Crippen molar-refractivity contribution in [1.82, 2.24) is 9.97 Å². The summed E-state index contributed by atoms with van der Waals surface area (Å²) in [4.78, 5) is 8.04. The highest BCUT2D eigenvalue weighted by atomic mass is 127. The Balaban J connectivity index is 2.13. The second kappa shape index (κ2) is 5.65. The Kier molecular flexibility index (Phi) is 3.98. The zero-order chi connectivity index (χ0) is 15.9. The standard InChI is InChI=1S/C14H8F3IN2OS/c1-21-7-2-3-8-9(18)5-11(19-10(8)4-7)13-20-12(6-22-13)14(15,16)17/h2-6H,1H3. The number of alkyl halides is 3. The molecule has 0 unspecified atom stereocenters. The molecule has 0 saturated carbocycles. The first-order valence-corrected chi connectivity index (χ1v) is 8.02. The average molecular weight is 436 g/mol. The molecule has 0 amide bonds. The maximum atomic E-state index is 12.7. The van der Waals surface area contributed by atoms with Gasteiger partial charge in [0.15, 0.2) is 5.69 Å². The lowest BCUT2D eigenvalue weighted by molar-refractivity contribution is -0.140. The Morgan fingerprint density at radius 2 is 1.95 bits per heavy atom. The highest BCUT2D eigenvalue weighted by molar-refractivity contribution is 14.1. The first-order chi connectivity index (χ1) is 10.4. The molecule has 1 aromatic carbocycles. The van der Waals surface area contributed by atoms with Gasteiger partial charge in [0.1, 0.15) is 16.5 Å². The summed E-state index contributed by atoms with van der Waals surface area (Å²) in [6, 6.07) is 7.17. The summed E-state index contributed by atoms with van der Waals surface area (Å²) < 4.78 is 44.0. The van der Waals surface area contributed by atoms with Crippen LogP contribution in [0.3, 0.4) is 0 Å². The van der Waals surface area contributed by atoms with Crippen LogP contribution in [-0.2, 0) is 6.18 Å². The van der Waals surface area contributed by atoms with Crippen molar-refractivity contribution in [3.05, 3.63) is 38.9 Å². The van der Waals surface area contributed by atoms with Gasteiger partial charge in [0.2, 0.25) is 0 Å². The van der Waals surface area contributed by atoms with E-state index in [1.807, 2.05) is 12.1 Å². The van der Waals surface area contributed by atoms with Gasteiger partial charge >= 0.3 is 6.18 Å². The predicted molar refractivity (Wildman–Crippen MR) is 87.1 cm³/mol. The van der Waals surface area contributed by atoms with Crippen LogP contribution in [0.25, 0.3) is 21.6 Å². The fraction of sp³-hybridized carbons (Fsp3) is 0.143. The third-order valence-corrected chi connectivity index (χ3v) is 4.74. The molecule has 0 fully saturated rings. The lowest BCUT2D eigenvalue weighted by Gasteiger charge is -2.06. The van der Waals surface area contributed by atoms with E-state index < -0.39 is 11.9 Å². The number of rotatable bonds is 2. The van der Waals surface area contributed by atoms with Crippen molar-refractivity contribution in [3.8, 4) is 16.5 Å². The van der Waals surface area contributed by atoms with Crippen molar-refractivity contribution < 1.29 is 17.9 Å². The zero-order valence-corrected chi connectivity index (χ0v) is 14.1. The predicted octanol–water partition coefficient (Wildman–Crippen LogP) is 4.99. The molecule has 0 aliphatic carbocycles. The first-order valence-electron chi connectivity index (χ1n) is 6.06. The number of aromatic nitrogens is 2. The van der Waals surface area contributed by atoms with Crippen molar-refractivity contribution in [2.24, 2.45) is 0 Å². The number of hydrogen-bond acceptors (Lipinski definition) is 4. The molecule has 3 rings (SSSR count). The van der Waals surface area contributed by atoms with Crippen LogP contribution in [-0.4, -0.2) is 17.1 Å². The lowest BCUT2D eigenvalue weighted by atomic mass is 10.2. The van der Waals surface area contributed by atoms with E-state index in [9.17, 15) is 13.2 Å². The van der Waals surface area contributed by atoms with Gasteiger partial charge in [0, 0.05) is 20.4 Å². The third-order valence-electron chi connectivity index (χ3n) is 2.98. The molecule has 2 aromatic heterocycles. The van der Waals surface area contributed by atoms with Crippen LogP contribution >= 0.6 is 33.9 Å². The Bertz CT molecular complexity index is 848. The van der Waals surface area contributed by atoms with E-state index in [1.54, 1.807) is 19.2 Å². The summed E-state index contributed by atoms with van der Waals surface area (Å²) in [5, 5.41) is 2.16. The second-order valence-corrected chi connectivity index (χ2v) is 6.43. The maximum Gasteiger partial charge on any atom is 0.434 e. The number of thiazole rings is 1. The summed E-state index contributed by atoms with van der Waals surface area (Å²) in [5.41, 5.74) is 0.186. The van der Waals surface area contributed by atoms with Crippen LogP contribution < -0.4 is 4.74 Å². The Morgan fingerprint density at radius 3 is 2.59 bits per heavy atom. The van der Waals surface area contributed by atoms with E-state index in [1.165, 1.54) is 0 Å². The van der Waals surface area contributed by atoms with E-state index in [4.69, 9.17) is 4.74 Å². The van der Waals surface area contributed by atoms with Crippen LogP contribution in [0, 0.1) is 3.57 Å². The molecule has 114 valence electrons. The number of halogens is 4. The number of ether oxygens (including phenoxy) is 1. The summed E-state index contributed by atoms with van der Waals surface area (Å²) in [5.74, 6) is 0.642. The molecular formula is C14H8F3IN2OS. The Morgan fingerprint density at radius 1 is 1.18 bits per heavy atom. The van der Waals surface area contributed by atoms with Crippen molar-refractivity contribution in [2.45, 2.75) is 6.18 Å².